The molecule has 224 valence electrons. The molecule has 14 heteroatoms. The number of rotatable bonds is 5. The Labute approximate surface area is 269 Å². The Kier molecular flexibility index (Phi) is 11.8. The van der Waals surface area contributed by atoms with E-state index in [1.807, 2.05) is 0 Å². The number of hydrogen-bond donors (Lipinski definition) is 2. The summed E-state index contributed by atoms with van der Waals surface area (Å²) in [5.74, 6) is -1.41. The van der Waals surface area contributed by atoms with Crippen LogP contribution in [0.15, 0.2) is 69.6 Å². The number of hydrogen-bond acceptors (Lipinski definition) is 6. The lowest BCUT2D eigenvalue weighted by atomic mass is 10.0. The number of anilines is 2. The highest BCUT2D eigenvalue weighted by molar-refractivity contribution is 9.12. The lowest BCUT2D eigenvalue weighted by Gasteiger charge is -2.11. The van der Waals surface area contributed by atoms with Crippen LogP contribution >= 0.6 is 47.8 Å². The van der Waals surface area contributed by atoms with E-state index in [2.05, 4.69) is 52.8 Å². The van der Waals surface area contributed by atoms with Crippen LogP contribution in [0.5, 0.6) is 11.5 Å². The summed E-state index contributed by atoms with van der Waals surface area (Å²) in [6.45, 7) is 0. The fourth-order valence-electron chi connectivity index (χ4n) is 4.12. The van der Waals surface area contributed by atoms with Crippen LogP contribution in [0.4, 0.5) is 29.2 Å². The van der Waals surface area contributed by atoms with Crippen LogP contribution in [0.2, 0.25) is 0 Å². The molecular weight excluding hydrogens is 766 g/mol. The van der Waals surface area contributed by atoms with Crippen molar-refractivity contribution in [2.75, 3.05) is 25.7 Å². The fraction of sp³-hybridized carbons (Fsp3) is 0.103. The molecule has 0 aliphatic carbocycles. The Balaban J connectivity index is 0.000000217. The van der Waals surface area contributed by atoms with E-state index >= 15 is 0 Å². The third-order valence-corrected chi connectivity index (χ3v) is 6.69. The molecule has 0 bridgehead atoms. The maximum absolute atomic E-state index is 13.4. The van der Waals surface area contributed by atoms with E-state index < -0.39 is 23.3 Å². The predicted octanol–water partition coefficient (Wildman–Crippen LogP) is 8.43. The van der Waals surface area contributed by atoms with Gasteiger partial charge in [-0.3, -0.25) is 4.57 Å². The zero-order valence-corrected chi connectivity index (χ0v) is 27.2. The largest absolute Gasteiger partial charge is 0.495 e. The number of nitrogens with two attached hydrogens (primary N) is 2. The minimum Gasteiger partial charge on any atom is -0.495 e. The molecule has 0 radical (unpaired) electrons. The number of nitrogen functional groups attached to an aromatic ring is 2. The van der Waals surface area contributed by atoms with Crippen molar-refractivity contribution in [2.24, 2.45) is 0 Å². The summed E-state index contributed by atoms with van der Waals surface area (Å²) in [7, 11) is 3.03. The van der Waals surface area contributed by atoms with Gasteiger partial charge in [0.05, 0.1) is 31.1 Å². The Bertz CT molecular complexity index is 1770. The van der Waals surface area contributed by atoms with Crippen molar-refractivity contribution < 1.29 is 27.0 Å². The Morgan fingerprint density at radius 1 is 0.791 bits per heavy atom. The van der Waals surface area contributed by atoms with Gasteiger partial charge in [0.1, 0.15) is 45.3 Å². The van der Waals surface area contributed by atoms with Crippen LogP contribution in [0.3, 0.4) is 0 Å². The van der Waals surface area contributed by atoms with Gasteiger partial charge in [0.2, 0.25) is 5.95 Å². The summed E-state index contributed by atoms with van der Waals surface area (Å²) in [6.07, 6.45) is 0.330. The normalized spacial score (nSPS) is 10.2. The molecule has 0 saturated heterocycles. The van der Waals surface area contributed by atoms with Crippen molar-refractivity contribution in [3.05, 3.63) is 104 Å². The molecule has 0 saturated carbocycles. The molecule has 1 heterocycles. The smallest absolute Gasteiger partial charge is 0.206 e. The molecule has 0 aliphatic heterocycles. The number of methoxy groups -OCH3 is 2. The highest BCUT2D eigenvalue weighted by Crippen LogP contribution is 2.34. The summed E-state index contributed by atoms with van der Waals surface area (Å²) in [5, 5.41) is 7.24. The second-order valence-electron chi connectivity index (χ2n) is 8.63. The number of imidazole rings is 1. The van der Waals surface area contributed by atoms with Gasteiger partial charge >= 0.3 is 0 Å². The first kappa shape index (κ1) is 33.7. The fourth-order valence-corrected chi connectivity index (χ4v) is 5.03. The number of ether oxygens (including phenoxy) is 2. The monoisotopic (exact) mass is 785 g/mol. The quantitative estimate of drug-likeness (QED) is 0.137. The van der Waals surface area contributed by atoms with Gasteiger partial charge in [-0.25, -0.2) is 22.5 Å². The highest BCUT2D eigenvalue weighted by atomic mass is 79.9. The number of nitriles is 1. The lowest BCUT2D eigenvalue weighted by Crippen LogP contribution is -2.01. The number of benzene rings is 4. The van der Waals surface area contributed by atoms with Crippen molar-refractivity contribution >= 4 is 70.5 Å². The first-order chi connectivity index (χ1) is 20.4. The van der Waals surface area contributed by atoms with Gasteiger partial charge in [0, 0.05) is 37.0 Å². The topological polar surface area (TPSA) is 112 Å². The van der Waals surface area contributed by atoms with Crippen LogP contribution < -0.4 is 20.9 Å². The second-order valence-corrected chi connectivity index (χ2v) is 10.8. The molecule has 0 unspecified atom stereocenters. The van der Waals surface area contributed by atoms with Crippen LogP contribution in [-0.4, -0.2) is 23.8 Å². The third-order valence-electron chi connectivity index (χ3n) is 5.77. The third kappa shape index (κ3) is 8.62. The maximum atomic E-state index is 13.4. The van der Waals surface area contributed by atoms with Gasteiger partial charge in [0.25, 0.3) is 0 Å². The zero-order valence-electron chi connectivity index (χ0n) is 22.4. The van der Waals surface area contributed by atoms with Gasteiger partial charge in [-0.1, -0.05) is 31.9 Å². The van der Waals surface area contributed by atoms with Crippen molar-refractivity contribution in [3.8, 4) is 22.2 Å². The van der Waals surface area contributed by atoms with Gasteiger partial charge in [-0.2, -0.15) is 5.26 Å². The number of nitrogens with zero attached hydrogens (tertiary/aromatic N) is 3. The van der Waals surface area contributed by atoms with E-state index in [0.717, 1.165) is 26.6 Å². The van der Waals surface area contributed by atoms with E-state index in [0.29, 0.717) is 40.2 Å². The summed E-state index contributed by atoms with van der Waals surface area (Å²) in [6, 6.07) is 13.6. The van der Waals surface area contributed by atoms with E-state index in [1.165, 1.54) is 43.1 Å². The van der Waals surface area contributed by atoms with Crippen molar-refractivity contribution in [1.82, 2.24) is 9.55 Å². The summed E-state index contributed by atoms with van der Waals surface area (Å²) in [4.78, 5) is 5.77. The average molecular weight is 788 g/mol. The summed E-state index contributed by atoms with van der Waals surface area (Å²) < 4.78 is 66.6. The van der Waals surface area contributed by atoms with Crippen molar-refractivity contribution in [3.63, 3.8) is 0 Å². The van der Waals surface area contributed by atoms with E-state index in [4.69, 9.17) is 26.2 Å². The van der Waals surface area contributed by atoms with E-state index in [9.17, 15) is 17.6 Å². The molecule has 5 aromatic rings. The van der Waals surface area contributed by atoms with Gasteiger partial charge in [0.15, 0.2) is 0 Å². The maximum Gasteiger partial charge on any atom is 0.206 e. The van der Waals surface area contributed by atoms with Gasteiger partial charge in [-0.15, -0.1) is 0 Å². The molecule has 4 aromatic carbocycles. The van der Waals surface area contributed by atoms with Crippen LogP contribution in [0, 0.1) is 33.5 Å². The standard InChI is InChI=1S/C14H10BrF2N3O.C14H12BrF2NO.CBrN/c1-21-12-3-7(15)2-11-13(12)19-14(18)20(11)10-5-8(16)4-9(17)6-10;1-19-13-6-10(15)5-9(14(13)18)2-8-3-11(16)7-12(17)4-8;2-1-3/h2-6H,1H3,(H2,18,19);3-7H,2,18H2,1H3;. The molecule has 4 N–H and O–H groups in total. The van der Waals surface area contributed by atoms with Crippen molar-refractivity contribution in [2.45, 2.75) is 6.42 Å². The summed E-state index contributed by atoms with van der Waals surface area (Å²) >= 11 is 9.16. The minimum atomic E-state index is -0.687. The Morgan fingerprint density at radius 2 is 1.28 bits per heavy atom. The SMILES string of the molecule is COc1cc(Br)cc(Cc2cc(F)cc(F)c2)c1N.COc1cc(Br)cc2c1nc(N)n2-c1cc(F)cc(F)c1.N#CBr. The highest BCUT2D eigenvalue weighted by Gasteiger charge is 2.16. The number of fused-ring (bicyclic) bond motifs is 1. The van der Waals surface area contributed by atoms with E-state index in [-0.39, 0.29) is 11.6 Å². The molecule has 0 fully saturated rings. The zero-order chi connectivity index (χ0) is 31.8. The van der Waals surface area contributed by atoms with Crippen LogP contribution in [0.25, 0.3) is 16.7 Å². The molecular formula is C29H22Br3F4N5O2. The molecule has 7 nitrogen and oxygen atoms in total. The molecule has 1 aromatic heterocycles. The molecule has 0 spiro atoms. The van der Waals surface area contributed by atoms with Crippen LogP contribution in [0.1, 0.15) is 11.1 Å². The van der Waals surface area contributed by atoms with E-state index in [1.54, 1.807) is 29.2 Å². The first-order valence-electron chi connectivity index (χ1n) is 11.9. The minimum absolute atomic E-state index is 0.117. The predicted molar refractivity (Wildman–Crippen MR) is 168 cm³/mol. The summed E-state index contributed by atoms with van der Waals surface area (Å²) in [5.41, 5.74) is 14.9. The Hall–Kier alpha value is -3.80. The van der Waals surface area contributed by atoms with Crippen LogP contribution in [-0.2, 0) is 6.42 Å². The van der Waals surface area contributed by atoms with Gasteiger partial charge < -0.3 is 20.9 Å². The van der Waals surface area contributed by atoms with Gasteiger partial charge in [-0.05, 0) is 66.1 Å². The average Bonchev–Trinajstić information content (AvgIpc) is 3.25. The molecule has 0 atom stereocenters. The number of aromatic nitrogens is 2. The van der Waals surface area contributed by atoms with Crippen molar-refractivity contribution in [1.29, 1.82) is 5.26 Å². The molecule has 0 amide bonds. The molecule has 5 rings (SSSR count). The Morgan fingerprint density at radius 3 is 1.81 bits per heavy atom. The lowest BCUT2D eigenvalue weighted by molar-refractivity contribution is 0.416. The first-order valence-corrected chi connectivity index (χ1v) is 14.3. The molecule has 43 heavy (non-hydrogen) atoms. The second kappa shape index (κ2) is 15.1. The molecule has 0 aliphatic rings. The number of halogens is 7.